The summed E-state index contributed by atoms with van der Waals surface area (Å²) in [5.74, 6) is 1.90. The number of fused-ring (bicyclic) bond motifs is 1. The van der Waals surface area contributed by atoms with Gasteiger partial charge in [0.1, 0.15) is 11.9 Å². The van der Waals surface area contributed by atoms with Crippen LogP contribution in [0.3, 0.4) is 0 Å². The third-order valence-corrected chi connectivity index (χ3v) is 6.24. The lowest BCUT2D eigenvalue weighted by atomic mass is 9.67. The smallest absolute Gasteiger partial charge is 0.230 e. The number of carbonyl (C=O) groups is 1. The lowest BCUT2D eigenvalue weighted by Crippen LogP contribution is -2.52. The number of nitrogens with zero attached hydrogens (tertiary/aromatic N) is 1. The number of halogens is 1. The minimum Gasteiger partial charge on any atom is -0.490 e. The van der Waals surface area contributed by atoms with Crippen molar-refractivity contribution in [1.82, 2.24) is 10.2 Å². The number of piperidine rings is 1. The van der Waals surface area contributed by atoms with Crippen LogP contribution in [0.15, 0.2) is 30.3 Å². The molecule has 0 radical (unpaired) electrons. The number of ether oxygens (including phenoxy) is 1. The molecule has 25 heavy (non-hydrogen) atoms. The third kappa shape index (κ3) is 3.65. The number of nitrogens with one attached hydrogen (secondary N) is 1. The van der Waals surface area contributed by atoms with Crippen LogP contribution in [0.2, 0.25) is 0 Å². The first-order valence-electron chi connectivity index (χ1n) is 9.50. The van der Waals surface area contributed by atoms with E-state index in [0.717, 1.165) is 51.2 Å². The molecule has 138 valence electrons. The van der Waals surface area contributed by atoms with Gasteiger partial charge in [-0.2, -0.15) is 0 Å². The molecule has 2 saturated heterocycles. The van der Waals surface area contributed by atoms with Gasteiger partial charge in [0.25, 0.3) is 0 Å². The van der Waals surface area contributed by atoms with Gasteiger partial charge in [0, 0.05) is 32.5 Å². The first-order valence-corrected chi connectivity index (χ1v) is 9.50. The predicted octanol–water partition coefficient (Wildman–Crippen LogP) is 3.26. The Balaban J connectivity index is 0.00000182. The molecule has 2 atom stereocenters. The number of likely N-dealkylation sites (tertiary alicyclic amines) is 1. The molecule has 0 bridgehead atoms. The van der Waals surface area contributed by atoms with Crippen molar-refractivity contribution < 1.29 is 9.53 Å². The summed E-state index contributed by atoms with van der Waals surface area (Å²) in [6.07, 6.45) is 6.89. The second-order valence-corrected chi connectivity index (χ2v) is 7.65. The highest BCUT2D eigenvalue weighted by atomic mass is 35.5. The summed E-state index contributed by atoms with van der Waals surface area (Å²) < 4.78 is 6.06. The zero-order valence-corrected chi connectivity index (χ0v) is 15.6. The third-order valence-electron chi connectivity index (χ3n) is 6.24. The topological polar surface area (TPSA) is 41.6 Å². The van der Waals surface area contributed by atoms with E-state index < -0.39 is 0 Å². The van der Waals surface area contributed by atoms with Crippen LogP contribution < -0.4 is 10.1 Å². The molecular weight excluding hydrogens is 336 g/mol. The SMILES string of the molecule is Cl.O=C(N1CCC(Oc2ccccc2)CC1)[C@@]12CCCC[C@H]1CNC2. The summed E-state index contributed by atoms with van der Waals surface area (Å²) in [6, 6.07) is 10.0. The van der Waals surface area contributed by atoms with Crippen molar-refractivity contribution in [3.8, 4) is 5.75 Å². The van der Waals surface area contributed by atoms with Gasteiger partial charge >= 0.3 is 0 Å². The Morgan fingerprint density at radius 2 is 1.88 bits per heavy atom. The van der Waals surface area contributed by atoms with Gasteiger partial charge in [-0.1, -0.05) is 31.0 Å². The normalized spacial score (nSPS) is 29.6. The Bertz CT molecular complexity index is 574. The van der Waals surface area contributed by atoms with Gasteiger partial charge < -0.3 is 15.0 Å². The van der Waals surface area contributed by atoms with Gasteiger partial charge in [-0.25, -0.2) is 0 Å². The molecule has 1 aliphatic carbocycles. The summed E-state index contributed by atoms with van der Waals surface area (Å²) in [4.78, 5) is 15.4. The van der Waals surface area contributed by atoms with E-state index in [1.165, 1.54) is 19.3 Å². The van der Waals surface area contributed by atoms with Crippen molar-refractivity contribution in [2.75, 3.05) is 26.2 Å². The second-order valence-electron chi connectivity index (χ2n) is 7.65. The van der Waals surface area contributed by atoms with E-state index in [9.17, 15) is 4.79 Å². The number of hydrogen-bond acceptors (Lipinski definition) is 3. The van der Waals surface area contributed by atoms with Gasteiger partial charge in [0.15, 0.2) is 0 Å². The molecule has 4 nitrogen and oxygen atoms in total. The number of hydrogen-bond donors (Lipinski definition) is 1. The molecule has 1 amide bonds. The lowest BCUT2D eigenvalue weighted by Gasteiger charge is -2.42. The number of rotatable bonds is 3. The Morgan fingerprint density at radius 3 is 2.64 bits per heavy atom. The van der Waals surface area contributed by atoms with Gasteiger partial charge in [0.2, 0.25) is 5.91 Å². The molecule has 2 heterocycles. The maximum atomic E-state index is 13.3. The summed E-state index contributed by atoms with van der Waals surface area (Å²) >= 11 is 0. The largest absolute Gasteiger partial charge is 0.490 e. The van der Waals surface area contributed by atoms with Crippen LogP contribution >= 0.6 is 12.4 Å². The van der Waals surface area contributed by atoms with Crippen molar-refractivity contribution >= 4 is 18.3 Å². The highest BCUT2D eigenvalue weighted by Crippen LogP contribution is 2.45. The number of para-hydroxylation sites is 1. The average molecular weight is 365 g/mol. The Hall–Kier alpha value is -1.26. The molecule has 1 aromatic carbocycles. The quantitative estimate of drug-likeness (QED) is 0.895. The van der Waals surface area contributed by atoms with Crippen molar-refractivity contribution in [3.63, 3.8) is 0 Å². The first-order chi connectivity index (χ1) is 11.8. The number of amides is 1. The molecule has 4 rings (SSSR count). The molecule has 2 aliphatic heterocycles. The molecule has 5 heteroatoms. The predicted molar refractivity (Wildman–Crippen MR) is 101 cm³/mol. The Kier molecular flexibility index (Phi) is 5.90. The maximum absolute atomic E-state index is 13.3. The van der Waals surface area contributed by atoms with Crippen LogP contribution in [0, 0.1) is 11.3 Å². The fraction of sp³-hybridized carbons (Fsp3) is 0.650. The number of benzene rings is 1. The van der Waals surface area contributed by atoms with Gasteiger partial charge in [-0.05, 0) is 37.4 Å². The Morgan fingerprint density at radius 1 is 1.12 bits per heavy atom. The van der Waals surface area contributed by atoms with E-state index in [1.807, 2.05) is 30.3 Å². The fourth-order valence-corrected chi connectivity index (χ4v) is 4.85. The minimum atomic E-state index is -0.106. The van der Waals surface area contributed by atoms with Gasteiger partial charge in [-0.3, -0.25) is 4.79 Å². The van der Waals surface area contributed by atoms with E-state index in [4.69, 9.17) is 4.74 Å². The van der Waals surface area contributed by atoms with Crippen LogP contribution in [0.4, 0.5) is 0 Å². The molecule has 1 N–H and O–H groups in total. The summed E-state index contributed by atoms with van der Waals surface area (Å²) in [6.45, 7) is 3.59. The summed E-state index contributed by atoms with van der Waals surface area (Å²) in [5.41, 5.74) is -0.106. The van der Waals surface area contributed by atoms with E-state index in [-0.39, 0.29) is 23.9 Å². The minimum absolute atomic E-state index is 0. The van der Waals surface area contributed by atoms with E-state index in [2.05, 4.69) is 10.2 Å². The van der Waals surface area contributed by atoms with E-state index in [1.54, 1.807) is 0 Å². The molecule has 1 aromatic rings. The lowest BCUT2D eigenvalue weighted by molar-refractivity contribution is -0.147. The van der Waals surface area contributed by atoms with Gasteiger partial charge in [0.05, 0.1) is 5.41 Å². The molecule has 0 spiro atoms. The Labute approximate surface area is 156 Å². The van der Waals surface area contributed by atoms with Crippen LogP contribution in [0.25, 0.3) is 0 Å². The molecule has 3 fully saturated rings. The summed E-state index contributed by atoms with van der Waals surface area (Å²) in [5, 5.41) is 3.49. The second kappa shape index (κ2) is 7.96. The van der Waals surface area contributed by atoms with Crippen molar-refractivity contribution in [3.05, 3.63) is 30.3 Å². The van der Waals surface area contributed by atoms with Crippen LogP contribution in [-0.4, -0.2) is 43.1 Å². The van der Waals surface area contributed by atoms with E-state index in [0.29, 0.717) is 11.8 Å². The molecular formula is C20H29ClN2O2. The zero-order valence-electron chi connectivity index (χ0n) is 14.8. The van der Waals surface area contributed by atoms with Crippen molar-refractivity contribution in [2.45, 2.75) is 44.6 Å². The standard InChI is InChI=1S/C20H28N2O2.ClH/c23-19(20-11-5-4-6-16(20)14-21-15-20)22-12-9-18(10-13-22)24-17-7-2-1-3-8-17;/h1-3,7-8,16,18,21H,4-6,9-15H2;1H/t16-,20+;/m0./s1. The molecule has 1 saturated carbocycles. The molecule has 3 aliphatic rings. The van der Waals surface area contributed by atoms with Crippen molar-refractivity contribution in [2.24, 2.45) is 11.3 Å². The number of carbonyl (C=O) groups excluding carboxylic acids is 1. The highest BCUT2D eigenvalue weighted by molar-refractivity contribution is 5.85. The van der Waals surface area contributed by atoms with Crippen molar-refractivity contribution in [1.29, 1.82) is 0 Å². The molecule has 0 unspecified atom stereocenters. The van der Waals surface area contributed by atoms with Gasteiger partial charge in [-0.15, -0.1) is 12.4 Å². The fourth-order valence-electron chi connectivity index (χ4n) is 4.85. The first kappa shape index (κ1) is 18.5. The maximum Gasteiger partial charge on any atom is 0.230 e. The van der Waals surface area contributed by atoms with E-state index >= 15 is 0 Å². The average Bonchev–Trinajstić information content (AvgIpc) is 3.08. The van der Waals surface area contributed by atoms with Crippen LogP contribution in [0.5, 0.6) is 5.75 Å². The summed E-state index contributed by atoms with van der Waals surface area (Å²) in [7, 11) is 0. The highest BCUT2D eigenvalue weighted by Gasteiger charge is 2.51. The van der Waals surface area contributed by atoms with Crippen LogP contribution in [-0.2, 0) is 4.79 Å². The molecule has 0 aromatic heterocycles. The van der Waals surface area contributed by atoms with Crippen LogP contribution in [0.1, 0.15) is 38.5 Å². The zero-order chi connectivity index (χ0) is 16.4. The monoisotopic (exact) mass is 364 g/mol.